The Morgan fingerprint density at radius 3 is 2.27 bits per heavy atom. The van der Waals surface area contributed by atoms with Gasteiger partial charge in [-0.15, -0.1) is 0 Å². The minimum absolute atomic E-state index is 0.143. The van der Waals surface area contributed by atoms with Crippen LogP contribution in [0.2, 0.25) is 0 Å². The molecule has 4 nitrogen and oxygen atoms in total. The smallest absolute Gasteiger partial charge is 0.255 e. The van der Waals surface area contributed by atoms with Gasteiger partial charge < -0.3 is 15.0 Å². The second-order valence-corrected chi connectivity index (χ2v) is 4.87. The number of ether oxygens (including phenoxy) is 1. The van der Waals surface area contributed by atoms with Gasteiger partial charge in [0.1, 0.15) is 5.75 Å². The van der Waals surface area contributed by atoms with Crippen molar-refractivity contribution in [2.45, 2.75) is 13.8 Å². The van der Waals surface area contributed by atoms with Gasteiger partial charge in [-0.2, -0.15) is 0 Å². The first-order valence-corrected chi connectivity index (χ1v) is 7.49. The summed E-state index contributed by atoms with van der Waals surface area (Å²) in [6.07, 6.45) is 0. The van der Waals surface area contributed by atoms with Crippen LogP contribution in [0.4, 0.5) is 11.4 Å². The van der Waals surface area contributed by atoms with Gasteiger partial charge in [0.05, 0.1) is 12.8 Å². The van der Waals surface area contributed by atoms with Gasteiger partial charge in [-0.25, -0.2) is 0 Å². The summed E-state index contributed by atoms with van der Waals surface area (Å²) in [5, 5.41) is 2.88. The Morgan fingerprint density at radius 2 is 1.68 bits per heavy atom. The molecule has 1 N–H and O–H groups in total. The number of para-hydroxylation sites is 2. The van der Waals surface area contributed by atoms with Gasteiger partial charge in [0.2, 0.25) is 0 Å². The molecule has 0 atom stereocenters. The number of rotatable bonds is 6. The van der Waals surface area contributed by atoms with Gasteiger partial charge in [0, 0.05) is 24.3 Å². The van der Waals surface area contributed by atoms with Crippen LogP contribution in [0.15, 0.2) is 48.5 Å². The van der Waals surface area contributed by atoms with Gasteiger partial charge in [0.25, 0.3) is 5.91 Å². The second kappa shape index (κ2) is 7.50. The van der Waals surface area contributed by atoms with Crippen molar-refractivity contribution >= 4 is 17.3 Å². The highest BCUT2D eigenvalue weighted by Crippen LogP contribution is 2.24. The maximum atomic E-state index is 12.3. The monoisotopic (exact) mass is 298 g/mol. The van der Waals surface area contributed by atoms with E-state index in [0.29, 0.717) is 17.0 Å². The van der Waals surface area contributed by atoms with E-state index in [1.165, 1.54) is 0 Å². The Hall–Kier alpha value is -2.49. The topological polar surface area (TPSA) is 41.6 Å². The van der Waals surface area contributed by atoms with Crippen LogP contribution in [-0.2, 0) is 0 Å². The van der Waals surface area contributed by atoms with Crippen molar-refractivity contribution in [2.75, 3.05) is 30.4 Å². The lowest BCUT2D eigenvalue weighted by atomic mass is 10.1. The Morgan fingerprint density at radius 1 is 1.05 bits per heavy atom. The highest BCUT2D eigenvalue weighted by Gasteiger charge is 2.10. The summed E-state index contributed by atoms with van der Waals surface area (Å²) in [5.74, 6) is 0.506. The maximum absolute atomic E-state index is 12.3. The first-order chi connectivity index (χ1) is 10.7. The molecule has 0 aliphatic rings. The van der Waals surface area contributed by atoms with Crippen LogP contribution < -0.4 is 15.0 Å². The van der Waals surface area contributed by atoms with Crippen molar-refractivity contribution in [1.29, 1.82) is 0 Å². The summed E-state index contributed by atoms with van der Waals surface area (Å²) in [5.41, 5.74) is 2.42. The zero-order valence-electron chi connectivity index (χ0n) is 13.3. The number of amides is 1. The lowest BCUT2D eigenvalue weighted by molar-refractivity contribution is 0.102. The number of hydrogen-bond donors (Lipinski definition) is 1. The number of benzene rings is 2. The van der Waals surface area contributed by atoms with Crippen LogP contribution in [0.3, 0.4) is 0 Å². The molecule has 1 amide bonds. The molecule has 0 saturated heterocycles. The number of carbonyl (C=O) groups is 1. The van der Waals surface area contributed by atoms with E-state index < -0.39 is 0 Å². The standard InChI is InChI=1S/C18H22N2O2/c1-4-20(5-2)15-12-10-14(11-13-15)18(21)19-16-8-6-7-9-17(16)22-3/h6-13H,4-5H2,1-3H3,(H,19,21). The van der Waals surface area contributed by atoms with Crippen molar-refractivity contribution in [3.63, 3.8) is 0 Å². The fourth-order valence-corrected chi connectivity index (χ4v) is 2.35. The Bertz CT molecular complexity index is 619. The fourth-order valence-electron chi connectivity index (χ4n) is 2.35. The predicted molar refractivity (Wildman–Crippen MR) is 91.0 cm³/mol. The van der Waals surface area contributed by atoms with Crippen LogP contribution in [0.5, 0.6) is 5.75 Å². The summed E-state index contributed by atoms with van der Waals surface area (Å²) in [6, 6.07) is 15.0. The molecule has 2 aromatic carbocycles. The lowest BCUT2D eigenvalue weighted by Gasteiger charge is -2.21. The summed E-state index contributed by atoms with van der Waals surface area (Å²) in [7, 11) is 1.59. The highest BCUT2D eigenvalue weighted by molar-refractivity contribution is 6.05. The minimum Gasteiger partial charge on any atom is -0.495 e. The van der Waals surface area contributed by atoms with Gasteiger partial charge in [-0.1, -0.05) is 12.1 Å². The van der Waals surface area contributed by atoms with Crippen LogP contribution in [0.25, 0.3) is 0 Å². The van der Waals surface area contributed by atoms with E-state index in [1.807, 2.05) is 48.5 Å². The van der Waals surface area contributed by atoms with E-state index >= 15 is 0 Å². The zero-order chi connectivity index (χ0) is 15.9. The summed E-state index contributed by atoms with van der Waals surface area (Å²) < 4.78 is 5.24. The van der Waals surface area contributed by atoms with E-state index in [1.54, 1.807) is 7.11 Å². The Kier molecular flexibility index (Phi) is 5.42. The van der Waals surface area contributed by atoms with Crippen LogP contribution in [0, 0.1) is 0 Å². The van der Waals surface area contributed by atoms with Gasteiger partial charge in [-0.3, -0.25) is 4.79 Å². The molecule has 0 aliphatic carbocycles. The molecule has 0 aromatic heterocycles. The normalized spacial score (nSPS) is 10.1. The molecule has 0 heterocycles. The number of anilines is 2. The van der Waals surface area contributed by atoms with E-state index in [4.69, 9.17) is 4.74 Å². The molecule has 0 aliphatic heterocycles. The van der Waals surface area contributed by atoms with Gasteiger partial charge in [-0.05, 0) is 50.2 Å². The van der Waals surface area contributed by atoms with Gasteiger partial charge in [0.15, 0.2) is 0 Å². The molecule has 4 heteroatoms. The molecule has 22 heavy (non-hydrogen) atoms. The molecule has 116 valence electrons. The van der Waals surface area contributed by atoms with Crippen LogP contribution in [-0.4, -0.2) is 26.1 Å². The molecule has 0 unspecified atom stereocenters. The minimum atomic E-state index is -0.143. The van der Waals surface area contributed by atoms with Crippen molar-refractivity contribution in [3.05, 3.63) is 54.1 Å². The molecule has 0 saturated carbocycles. The summed E-state index contributed by atoms with van der Waals surface area (Å²) in [4.78, 5) is 14.6. The van der Waals surface area contributed by atoms with Crippen molar-refractivity contribution in [3.8, 4) is 5.75 Å². The third kappa shape index (κ3) is 3.58. The number of carbonyl (C=O) groups excluding carboxylic acids is 1. The predicted octanol–water partition coefficient (Wildman–Crippen LogP) is 3.79. The third-order valence-electron chi connectivity index (χ3n) is 3.61. The SMILES string of the molecule is CCN(CC)c1ccc(C(=O)Nc2ccccc2OC)cc1. The maximum Gasteiger partial charge on any atom is 0.255 e. The number of nitrogens with one attached hydrogen (secondary N) is 1. The van der Waals surface area contributed by atoms with Crippen LogP contribution in [0.1, 0.15) is 24.2 Å². The molecular formula is C18H22N2O2. The average molecular weight is 298 g/mol. The molecule has 2 rings (SSSR count). The molecule has 0 radical (unpaired) electrons. The van der Waals surface area contributed by atoms with E-state index in [0.717, 1.165) is 18.8 Å². The fraction of sp³-hybridized carbons (Fsp3) is 0.278. The molecule has 2 aromatic rings. The molecule has 0 fully saturated rings. The third-order valence-corrected chi connectivity index (χ3v) is 3.61. The lowest BCUT2D eigenvalue weighted by Crippen LogP contribution is -2.21. The first-order valence-electron chi connectivity index (χ1n) is 7.49. The quantitative estimate of drug-likeness (QED) is 0.882. The molecular weight excluding hydrogens is 276 g/mol. The van der Waals surface area contributed by atoms with Crippen LogP contribution >= 0.6 is 0 Å². The number of nitrogens with zero attached hydrogens (tertiary/aromatic N) is 1. The first kappa shape index (κ1) is 15.9. The Balaban J connectivity index is 2.13. The summed E-state index contributed by atoms with van der Waals surface area (Å²) in [6.45, 7) is 6.13. The average Bonchev–Trinajstić information content (AvgIpc) is 2.57. The van der Waals surface area contributed by atoms with E-state index in [9.17, 15) is 4.79 Å². The van der Waals surface area contributed by atoms with Crippen molar-refractivity contribution in [1.82, 2.24) is 0 Å². The highest BCUT2D eigenvalue weighted by atomic mass is 16.5. The number of hydrogen-bond acceptors (Lipinski definition) is 3. The van der Waals surface area contributed by atoms with Crippen molar-refractivity contribution in [2.24, 2.45) is 0 Å². The van der Waals surface area contributed by atoms with Gasteiger partial charge >= 0.3 is 0 Å². The molecule has 0 spiro atoms. The number of methoxy groups -OCH3 is 1. The molecule has 0 bridgehead atoms. The summed E-state index contributed by atoms with van der Waals surface area (Å²) >= 11 is 0. The van der Waals surface area contributed by atoms with E-state index in [-0.39, 0.29) is 5.91 Å². The van der Waals surface area contributed by atoms with Crippen molar-refractivity contribution < 1.29 is 9.53 Å². The van der Waals surface area contributed by atoms with E-state index in [2.05, 4.69) is 24.1 Å². The zero-order valence-corrected chi connectivity index (χ0v) is 13.3. The largest absolute Gasteiger partial charge is 0.495 e. The second-order valence-electron chi connectivity index (χ2n) is 4.87. The Labute approximate surface area is 131 Å².